The van der Waals surface area contributed by atoms with Crippen LogP contribution in [0.1, 0.15) is 12.2 Å². The van der Waals surface area contributed by atoms with E-state index in [9.17, 15) is 8.42 Å². The second-order valence-electron chi connectivity index (χ2n) is 4.36. The lowest BCUT2D eigenvalue weighted by Gasteiger charge is -2.18. The van der Waals surface area contributed by atoms with Gasteiger partial charge in [-0.1, -0.05) is 15.9 Å². The molecule has 5 heteroatoms. The fourth-order valence-electron chi connectivity index (χ4n) is 2.23. The van der Waals surface area contributed by atoms with E-state index in [1.807, 2.05) is 12.1 Å². The summed E-state index contributed by atoms with van der Waals surface area (Å²) in [6.07, 6.45) is 3.27. The van der Waals surface area contributed by atoms with Gasteiger partial charge in [-0.2, -0.15) is 0 Å². The third kappa shape index (κ3) is 2.88. The summed E-state index contributed by atoms with van der Waals surface area (Å²) in [7, 11) is -2.78. The first kappa shape index (κ1) is 12.2. The van der Waals surface area contributed by atoms with Crippen molar-refractivity contribution in [1.29, 1.82) is 0 Å². The first-order chi connectivity index (χ1) is 7.61. The largest absolute Gasteiger partial charge is 0.469 e. The number of hydrogen-bond acceptors (Lipinski definition) is 3. The third-order valence-corrected chi connectivity index (χ3v) is 5.80. The van der Waals surface area contributed by atoms with Crippen LogP contribution in [0.15, 0.2) is 22.8 Å². The molecule has 0 aromatic carbocycles. The van der Waals surface area contributed by atoms with Gasteiger partial charge < -0.3 is 4.42 Å². The van der Waals surface area contributed by atoms with E-state index in [1.165, 1.54) is 0 Å². The highest BCUT2D eigenvalue weighted by atomic mass is 79.9. The van der Waals surface area contributed by atoms with E-state index in [2.05, 4.69) is 15.9 Å². The Morgan fingerprint density at radius 2 is 2.38 bits per heavy atom. The lowest BCUT2D eigenvalue weighted by Crippen LogP contribution is -2.19. The summed E-state index contributed by atoms with van der Waals surface area (Å²) in [6, 6.07) is 3.81. The van der Waals surface area contributed by atoms with Crippen molar-refractivity contribution >= 4 is 25.8 Å². The van der Waals surface area contributed by atoms with E-state index < -0.39 is 9.84 Å². The quantitative estimate of drug-likeness (QED) is 0.802. The van der Waals surface area contributed by atoms with Gasteiger partial charge in [0, 0.05) is 11.8 Å². The van der Waals surface area contributed by atoms with Gasteiger partial charge in [0.1, 0.15) is 5.76 Å². The molecule has 0 bridgehead atoms. The Bertz CT molecular complexity index is 424. The average molecular weight is 307 g/mol. The molecule has 0 N–H and O–H groups in total. The molecular weight excluding hydrogens is 292 g/mol. The summed E-state index contributed by atoms with van der Waals surface area (Å²) in [6.45, 7) is 0. The monoisotopic (exact) mass is 306 g/mol. The average Bonchev–Trinajstić information content (AvgIpc) is 2.83. The lowest BCUT2D eigenvalue weighted by molar-refractivity contribution is 0.368. The SMILES string of the molecule is O=S1(=O)CCC(C(CBr)Cc2ccco2)C1. The Kier molecular flexibility index (Phi) is 3.74. The predicted octanol–water partition coefficient (Wildman–Crippen LogP) is 2.27. The van der Waals surface area contributed by atoms with E-state index in [1.54, 1.807) is 6.26 Å². The predicted molar refractivity (Wildman–Crippen MR) is 66.5 cm³/mol. The van der Waals surface area contributed by atoms with Crippen LogP contribution < -0.4 is 0 Å². The number of hydrogen-bond donors (Lipinski definition) is 0. The van der Waals surface area contributed by atoms with Crippen molar-refractivity contribution in [2.75, 3.05) is 16.8 Å². The van der Waals surface area contributed by atoms with E-state index in [0.717, 1.165) is 23.9 Å². The van der Waals surface area contributed by atoms with Gasteiger partial charge in [-0.25, -0.2) is 8.42 Å². The van der Waals surface area contributed by atoms with E-state index >= 15 is 0 Å². The van der Waals surface area contributed by atoms with E-state index in [-0.39, 0.29) is 5.92 Å². The summed E-state index contributed by atoms with van der Waals surface area (Å²) >= 11 is 3.47. The first-order valence-corrected chi connectivity index (χ1v) is 8.34. The zero-order valence-corrected chi connectivity index (χ0v) is 11.3. The third-order valence-electron chi connectivity index (χ3n) is 3.18. The van der Waals surface area contributed by atoms with Gasteiger partial charge in [0.05, 0.1) is 17.8 Å². The van der Waals surface area contributed by atoms with Gasteiger partial charge in [-0.3, -0.25) is 0 Å². The second kappa shape index (κ2) is 4.92. The highest BCUT2D eigenvalue weighted by Crippen LogP contribution is 2.29. The molecule has 0 aliphatic carbocycles. The fourth-order valence-corrected chi connectivity index (χ4v) is 4.91. The molecule has 2 unspecified atom stereocenters. The molecule has 2 rings (SSSR count). The van der Waals surface area contributed by atoms with Crippen molar-refractivity contribution in [1.82, 2.24) is 0 Å². The molecule has 3 nitrogen and oxygen atoms in total. The number of sulfone groups is 1. The van der Waals surface area contributed by atoms with Crippen molar-refractivity contribution in [3.63, 3.8) is 0 Å². The van der Waals surface area contributed by atoms with Gasteiger partial charge in [0.15, 0.2) is 9.84 Å². The molecule has 1 aliphatic heterocycles. The lowest BCUT2D eigenvalue weighted by atomic mass is 9.90. The maximum Gasteiger partial charge on any atom is 0.150 e. The molecule has 2 atom stereocenters. The zero-order chi connectivity index (χ0) is 11.6. The second-order valence-corrected chi connectivity index (χ2v) is 7.24. The van der Waals surface area contributed by atoms with Crippen LogP contribution in [-0.4, -0.2) is 25.3 Å². The maximum absolute atomic E-state index is 11.4. The first-order valence-electron chi connectivity index (χ1n) is 5.39. The van der Waals surface area contributed by atoms with Gasteiger partial charge in [0.25, 0.3) is 0 Å². The molecular formula is C11H15BrO3S. The highest BCUT2D eigenvalue weighted by molar-refractivity contribution is 9.09. The molecule has 1 aliphatic rings. The smallest absolute Gasteiger partial charge is 0.150 e. The molecule has 0 radical (unpaired) electrons. The number of halogens is 1. The van der Waals surface area contributed by atoms with Crippen LogP contribution in [0, 0.1) is 11.8 Å². The van der Waals surface area contributed by atoms with Crippen molar-refractivity contribution in [3.05, 3.63) is 24.2 Å². The van der Waals surface area contributed by atoms with E-state index in [0.29, 0.717) is 17.4 Å². The minimum Gasteiger partial charge on any atom is -0.469 e. The summed E-state index contributed by atoms with van der Waals surface area (Å²) < 4.78 is 28.2. The topological polar surface area (TPSA) is 47.3 Å². The zero-order valence-electron chi connectivity index (χ0n) is 8.93. The highest BCUT2D eigenvalue weighted by Gasteiger charge is 2.33. The van der Waals surface area contributed by atoms with Gasteiger partial charge in [-0.15, -0.1) is 0 Å². The molecule has 0 saturated carbocycles. The number of furan rings is 1. The van der Waals surface area contributed by atoms with Crippen LogP contribution in [0.5, 0.6) is 0 Å². The Morgan fingerprint density at radius 3 is 2.88 bits per heavy atom. The van der Waals surface area contributed by atoms with Gasteiger partial charge in [0.2, 0.25) is 0 Å². The minimum atomic E-state index is -2.78. The Hall–Kier alpha value is -0.290. The molecule has 1 fully saturated rings. The number of alkyl halides is 1. The van der Waals surface area contributed by atoms with Crippen molar-refractivity contribution in [2.45, 2.75) is 12.8 Å². The molecule has 1 aromatic heterocycles. The van der Waals surface area contributed by atoms with Gasteiger partial charge >= 0.3 is 0 Å². The maximum atomic E-state index is 11.4. The van der Waals surface area contributed by atoms with Crippen LogP contribution in [0.25, 0.3) is 0 Å². The summed E-state index contributed by atoms with van der Waals surface area (Å²) in [5, 5.41) is 0.827. The van der Waals surface area contributed by atoms with E-state index in [4.69, 9.17) is 4.42 Å². The Balaban J connectivity index is 2.01. The van der Waals surface area contributed by atoms with Crippen molar-refractivity contribution in [3.8, 4) is 0 Å². The fraction of sp³-hybridized carbons (Fsp3) is 0.636. The Labute approximate surface area is 104 Å². The van der Waals surface area contributed by atoms with Crippen LogP contribution in [0.3, 0.4) is 0 Å². The molecule has 90 valence electrons. The van der Waals surface area contributed by atoms with Gasteiger partial charge in [-0.05, 0) is 30.4 Å². The Morgan fingerprint density at radius 1 is 1.56 bits per heavy atom. The molecule has 2 heterocycles. The normalized spacial score (nSPS) is 25.7. The van der Waals surface area contributed by atoms with Crippen LogP contribution >= 0.6 is 15.9 Å². The molecule has 1 saturated heterocycles. The summed E-state index contributed by atoms with van der Waals surface area (Å²) in [5.41, 5.74) is 0. The van der Waals surface area contributed by atoms with Crippen molar-refractivity contribution in [2.24, 2.45) is 11.8 Å². The van der Waals surface area contributed by atoms with Crippen molar-refractivity contribution < 1.29 is 12.8 Å². The number of rotatable bonds is 4. The van der Waals surface area contributed by atoms with Crippen LogP contribution in [-0.2, 0) is 16.3 Å². The van der Waals surface area contributed by atoms with Crippen LogP contribution in [0.2, 0.25) is 0 Å². The molecule has 0 spiro atoms. The summed E-state index contributed by atoms with van der Waals surface area (Å²) in [4.78, 5) is 0. The molecule has 0 amide bonds. The molecule has 1 aromatic rings. The minimum absolute atomic E-state index is 0.273. The standard InChI is InChI=1S/C11H15BrO3S/c12-7-10(6-11-2-1-4-15-11)9-3-5-16(13,14)8-9/h1-2,4,9-10H,3,5-8H2. The summed E-state index contributed by atoms with van der Waals surface area (Å²) in [5.74, 6) is 2.25. The van der Waals surface area contributed by atoms with Crippen LogP contribution in [0.4, 0.5) is 0 Å². The molecule has 16 heavy (non-hydrogen) atoms.